The molecule has 6 heteroatoms. The number of nitrogens with zero attached hydrogens (tertiary/aromatic N) is 1. The van der Waals surface area contributed by atoms with E-state index < -0.39 is 12.7 Å². The molecule has 1 atom stereocenters. The molecule has 1 aliphatic heterocycles. The molecular formula is C18H17F2N2O2+. The molecule has 0 radical (unpaired) electrons. The number of amides is 1. The third-order valence-electron chi connectivity index (χ3n) is 4.02. The number of carbonyl (C=O) groups excluding carboxylic acids is 1. The van der Waals surface area contributed by atoms with Crippen molar-refractivity contribution in [1.82, 2.24) is 0 Å². The summed E-state index contributed by atoms with van der Waals surface area (Å²) in [7, 11) is 0. The molecule has 0 fully saturated rings. The molecule has 0 aromatic heterocycles. The van der Waals surface area contributed by atoms with Crippen molar-refractivity contribution >= 4 is 17.3 Å². The Morgan fingerprint density at radius 1 is 1.25 bits per heavy atom. The Kier molecular flexibility index (Phi) is 4.40. The van der Waals surface area contributed by atoms with Gasteiger partial charge >= 0.3 is 12.5 Å². The number of hydrogen-bond donors (Lipinski definition) is 1. The first-order chi connectivity index (χ1) is 11.5. The summed E-state index contributed by atoms with van der Waals surface area (Å²) in [6, 6.07) is 13.2. The van der Waals surface area contributed by atoms with Crippen LogP contribution in [0.5, 0.6) is 5.75 Å². The van der Waals surface area contributed by atoms with E-state index in [4.69, 9.17) is 5.73 Å². The molecule has 0 unspecified atom stereocenters. The van der Waals surface area contributed by atoms with Gasteiger partial charge in [0.25, 0.3) is 0 Å². The lowest BCUT2D eigenvalue weighted by Crippen LogP contribution is -2.44. The number of nitrogens with two attached hydrogens (primary N) is 1. The molecule has 0 bridgehead atoms. The number of para-hydroxylation sites is 1. The van der Waals surface area contributed by atoms with E-state index in [1.54, 1.807) is 23.6 Å². The Morgan fingerprint density at radius 2 is 2.00 bits per heavy atom. The van der Waals surface area contributed by atoms with E-state index in [9.17, 15) is 13.6 Å². The SMILES string of the molecule is CC(c1cccc(OC(F)F)c1)=[N+]1C(=O)[C@H](N)Cc2ccccc21. The highest BCUT2D eigenvalue weighted by Gasteiger charge is 2.37. The standard InChI is InChI=1S/C18H17F2N2O2/c1-11(12-6-4-7-14(9-12)24-18(19)20)22-16-8-3-2-5-13(16)10-15(21)17(22)23/h2-9,15,18H,10,21H2,1H3/q+1/t15-/m1/s1. The number of carbonyl (C=O) groups is 1. The van der Waals surface area contributed by atoms with Crippen LogP contribution in [-0.2, 0) is 11.2 Å². The van der Waals surface area contributed by atoms with E-state index in [0.29, 0.717) is 17.7 Å². The lowest BCUT2D eigenvalue weighted by molar-refractivity contribution is -0.373. The molecule has 0 spiro atoms. The number of ether oxygens (including phenoxy) is 1. The third kappa shape index (κ3) is 3.05. The van der Waals surface area contributed by atoms with E-state index in [1.165, 1.54) is 12.1 Å². The van der Waals surface area contributed by atoms with Gasteiger partial charge in [-0.15, -0.1) is 4.58 Å². The van der Waals surface area contributed by atoms with Crippen LogP contribution in [0.2, 0.25) is 0 Å². The van der Waals surface area contributed by atoms with Gasteiger partial charge in [-0.05, 0) is 18.2 Å². The fourth-order valence-corrected chi connectivity index (χ4v) is 2.88. The summed E-state index contributed by atoms with van der Waals surface area (Å²) in [6.45, 7) is -1.14. The lowest BCUT2D eigenvalue weighted by Gasteiger charge is -2.18. The molecule has 2 aromatic rings. The van der Waals surface area contributed by atoms with E-state index in [-0.39, 0.29) is 11.7 Å². The van der Waals surface area contributed by atoms with Gasteiger partial charge in [0, 0.05) is 30.5 Å². The first-order valence-electron chi connectivity index (χ1n) is 7.53. The first kappa shape index (κ1) is 16.3. The number of hydrogen-bond acceptors (Lipinski definition) is 3. The molecule has 1 heterocycles. The molecule has 24 heavy (non-hydrogen) atoms. The summed E-state index contributed by atoms with van der Waals surface area (Å²) in [5.74, 6) is -0.171. The van der Waals surface area contributed by atoms with Crippen LogP contribution in [0, 0.1) is 0 Å². The van der Waals surface area contributed by atoms with E-state index in [2.05, 4.69) is 4.74 Å². The summed E-state index contributed by atoms with van der Waals surface area (Å²) in [6.07, 6.45) is 0.479. The number of alkyl halides is 2. The highest BCUT2D eigenvalue weighted by Crippen LogP contribution is 2.27. The summed E-state index contributed by atoms with van der Waals surface area (Å²) in [4.78, 5) is 12.6. The van der Waals surface area contributed by atoms with Crippen LogP contribution in [0.4, 0.5) is 14.5 Å². The summed E-state index contributed by atoms with van der Waals surface area (Å²) in [5, 5.41) is 0. The van der Waals surface area contributed by atoms with Gasteiger partial charge in [-0.25, -0.2) is 4.79 Å². The number of fused-ring (bicyclic) bond motifs is 1. The molecule has 0 saturated carbocycles. The molecule has 4 nitrogen and oxygen atoms in total. The van der Waals surface area contributed by atoms with Gasteiger partial charge in [-0.2, -0.15) is 8.78 Å². The van der Waals surface area contributed by atoms with Crippen molar-refractivity contribution in [2.75, 3.05) is 0 Å². The maximum absolute atomic E-state index is 12.6. The van der Waals surface area contributed by atoms with Gasteiger partial charge in [-0.1, -0.05) is 24.3 Å². The van der Waals surface area contributed by atoms with Gasteiger partial charge in [0.2, 0.25) is 5.69 Å². The second-order valence-corrected chi connectivity index (χ2v) is 5.60. The average molecular weight is 331 g/mol. The van der Waals surface area contributed by atoms with Gasteiger partial charge in [-0.3, -0.25) is 0 Å². The van der Waals surface area contributed by atoms with Crippen LogP contribution in [0.1, 0.15) is 18.1 Å². The van der Waals surface area contributed by atoms with E-state index >= 15 is 0 Å². The van der Waals surface area contributed by atoms with Crippen LogP contribution < -0.4 is 10.5 Å². The minimum absolute atomic E-state index is 0.0453. The van der Waals surface area contributed by atoms with Crippen molar-refractivity contribution in [3.05, 3.63) is 59.7 Å². The summed E-state index contributed by atoms with van der Waals surface area (Å²) < 4.78 is 30.8. The predicted molar refractivity (Wildman–Crippen MR) is 85.9 cm³/mol. The summed E-state index contributed by atoms with van der Waals surface area (Å²) in [5.41, 5.74) is 8.94. The van der Waals surface area contributed by atoms with Crippen LogP contribution in [-0.4, -0.2) is 28.8 Å². The Morgan fingerprint density at radius 3 is 2.75 bits per heavy atom. The Bertz CT molecular complexity index is 818. The van der Waals surface area contributed by atoms with E-state index in [1.807, 2.05) is 24.3 Å². The summed E-state index contributed by atoms with van der Waals surface area (Å²) >= 11 is 0. The van der Waals surface area contributed by atoms with Crippen molar-refractivity contribution < 1.29 is 22.9 Å². The maximum Gasteiger partial charge on any atom is 0.410 e. The maximum atomic E-state index is 12.6. The van der Waals surface area contributed by atoms with Crippen molar-refractivity contribution in [3.8, 4) is 5.75 Å². The van der Waals surface area contributed by atoms with Crippen molar-refractivity contribution in [2.24, 2.45) is 5.73 Å². The van der Waals surface area contributed by atoms with Crippen molar-refractivity contribution in [2.45, 2.75) is 26.0 Å². The zero-order valence-corrected chi connectivity index (χ0v) is 13.1. The largest absolute Gasteiger partial charge is 0.435 e. The molecule has 0 aliphatic carbocycles. The van der Waals surface area contributed by atoms with E-state index in [0.717, 1.165) is 11.3 Å². The Hall–Kier alpha value is -2.60. The smallest absolute Gasteiger partial charge is 0.410 e. The minimum atomic E-state index is -2.90. The first-order valence-corrected chi connectivity index (χ1v) is 7.53. The molecular weight excluding hydrogens is 314 g/mol. The van der Waals surface area contributed by atoms with Crippen molar-refractivity contribution in [1.29, 1.82) is 0 Å². The van der Waals surface area contributed by atoms with Gasteiger partial charge in [0.15, 0.2) is 5.71 Å². The Labute approximate surface area is 138 Å². The Balaban J connectivity index is 2.12. The van der Waals surface area contributed by atoms with Crippen molar-refractivity contribution in [3.63, 3.8) is 0 Å². The van der Waals surface area contributed by atoms with Crippen LogP contribution in [0.3, 0.4) is 0 Å². The monoisotopic (exact) mass is 331 g/mol. The second-order valence-electron chi connectivity index (χ2n) is 5.60. The number of benzene rings is 2. The fraction of sp³-hybridized carbons (Fsp3) is 0.222. The second kappa shape index (κ2) is 6.49. The fourth-order valence-electron chi connectivity index (χ4n) is 2.88. The normalized spacial score (nSPS) is 19.2. The highest BCUT2D eigenvalue weighted by atomic mass is 19.3. The molecule has 0 saturated heterocycles. The van der Waals surface area contributed by atoms with Gasteiger partial charge < -0.3 is 10.5 Å². The van der Waals surface area contributed by atoms with Crippen LogP contribution in [0.25, 0.3) is 0 Å². The molecule has 1 amide bonds. The average Bonchev–Trinajstić information content (AvgIpc) is 2.55. The third-order valence-corrected chi connectivity index (χ3v) is 4.02. The topological polar surface area (TPSA) is 55.3 Å². The number of rotatable bonds is 3. The minimum Gasteiger partial charge on any atom is -0.435 e. The molecule has 124 valence electrons. The lowest BCUT2D eigenvalue weighted by atomic mass is 9.97. The molecule has 2 aromatic carbocycles. The van der Waals surface area contributed by atoms with Gasteiger partial charge in [0.05, 0.1) is 0 Å². The van der Waals surface area contributed by atoms with Gasteiger partial charge in [0.1, 0.15) is 11.8 Å². The van der Waals surface area contributed by atoms with Crippen LogP contribution >= 0.6 is 0 Å². The predicted octanol–water partition coefficient (Wildman–Crippen LogP) is 2.85. The van der Waals surface area contributed by atoms with Crippen LogP contribution in [0.15, 0.2) is 48.5 Å². The zero-order chi connectivity index (χ0) is 17.3. The highest BCUT2D eigenvalue weighted by molar-refractivity contribution is 6.00. The molecule has 1 aliphatic rings. The molecule has 3 rings (SSSR count). The quantitative estimate of drug-likeness (QED) is 0.880. The number of halogens is 2. The zero-order valence-electron chi connectivity index (χ0n) is 13.1. The molecule has 2 N–H and O–H groups in total.